The van der Waals surface area contributed by atoms with Crippen LogP contribution in [0.3, 0.4) is 0 Å². The summed E-state index contributed by atoms with van der Waals surface area (Å²) in [7, 11) is 0. The lowest BCUT2D eigenvalue weighted by atomic mass is 10.1. The number of hydrogen-bond donors (Lipinski definition) is 2. The molecule has 0 spiro atoms. The Hall–Kier alpha value is -1.79. The van der Waals surface area contributed by atoms with E-state index in [9.17, 15) is 4.79 Å². The third kappa shape index (κ3) is 4.11. The van der Waals surface area contributed by atoms with E-state index in [0.717, 1.165) is 17.1 Å². The van der Waals surface area contributed by atoms with Crippen molar-refractivity contribution in [2.75, 3.05) is 26.5 Å². The summed E-state index contributed by atoms with van der Waals surface area (Å²) in [4.78, 5) is 12.7. The van der Waals surface area contributed by atoms with E-state index < -0.39 is 5.97 Å². The summed E-state index contributed by atoms with van der Waals surface area (Å²) in [5.41, 5.74) is 1.04. The van der Waals surface area contributed by atoms with Gasteiger partial charge in [-0.2, -0.15) is 0 Å². The van der Waals surface area contributed by atoms with Crippen LogP contribution in [0.5, 0.6) is 11.5 Å². The summed E-state index contributed by atoms with van der Waals surface area (Å²) in [5, 5.41) is 17.7. The molecule has 0 atom stereocenters. The minimum absolute atomic E-state index is 0.0932. The number of aliphatic hydroxyl groups is 1. The molecule has 0 radical (unpaired) electrons. The Balaban J connectivity index is 1.96. The summed E-state index contributed by atoms with van der Waals surface area (Å²) in [6, 6.07) is 5.72. The van der Waals surface area contributed by atoms with Crippen molar-refractivity contribution in [3.8, 4) is 11.5 Å². The van der Waals surface area contributed by atoms with Crippen LogP contribution in [0.15, 0.2) is 18.2 Å². The van der Waals surface area contributed by atoms with Gasteiger partial charge in [-0.25, -0.2) is 0 Å². The average Bonchev–Trinajstić information content (AvgIpc) is 2.89. The van der Waals surface area contributed by atoms with Crippen LogP contribution in [-0.4, -0.2) is 47.6 Å². The van der Waals surface area contributed by atoms with Crippen molar-refractivity contribution in [2.24, 2.45) is 0 Å². The zero-order valence-electron chi connectivity index (χ0n) is 11.2. The van der Waals surface area contributed by atoms with Gasteiger partial charge in [0.25, 0.3) is 0 Å². The molecule has 1 aromatic carbocycles. The second-order valence-electron chi connectivity index (χ2n) is 4.68. The molecule has 0 bridgehead atoms. The number of aliphatic hydroxyl groups excluding tert-OH is 1. The molecule has 0 aliphatic carbocycles. The van der Waals surface area contributed by atoms with Gasteiger partial charge in [0.2, 0.25) is 6.79 Å². The minimum Gasteiger partial charge on any atom is -0.481 e. The van der Waals surface area contributed by atoms with Crippen molar-refractivity contribution >= 4 is 5.97 Å². The van der Waals surface area contributed by atoms with Crippen molar-refractivity contribution in [2.45, 2.75) is 19.4 Å². The van der Waals surface area contributed by atoms with Crippen LogP contribution in [0, 0.1) is 0 Å². The zero-order valence-corrected chi connectivity index (χ0v) is 11.2. The second-order valence-corrected chi connectivity index (χ2v) is 4.68. The Bertz CT molecular complexity index is 463. The highest BCUT2D eigenvalue weighted by molar-refractivity contribution is 5.66. The molecule has 2 N–H and O–H groups in total. The number of nitrogens with zero attached hydrogens (tertiary/aromatic N) is 1. The first-order valence-corrected chi connectivity index (χ1v) is 6.62. The lowest BCUT2D eigenvalue weighted by Gasteiger charge is -2.21. The van der Waals surface area contributed by atoms with E-state index in [4.69, 9.17) is 19.7 Å². The van der Waals surface area contributed by atoms with Crippen molar-refractivity contribution in [1.29, 1.82) is 0 Å². The van der Waals surface area contributed by atoms with Gasteiger partial charge in [0, 0.05) is 26.2 Å². The first-order chi connectivity index (χ1) is 9.69. The Kier molecular flexibility index (Phi) is 5.20. The number of rotatable bonds is 8. The number of aliphatic carboxylic acids is 1. The van der Waals surface area contributed by atoms with Crippen LogP contribution in [0.2, 0.25) is 0 Å². The largest absolute Gasteiger partial charge is 0.481 e. The number of hydrogen-bond acceptors (Lipinski definition) is 5. The molecular formula is C14H19NO5. The smallest absolute Gasteiger partial charge is 0.304 e. The maximum absolute atomic E-state index is 10.7. The topological polar surface area (TPSA) is 79.2 Å². The molecule has 0 fully saturated rings. The highest BCUT2D eigenvalue weighted by atomic mass is 16.7. The maximum atomic E-state index is 10.7. The SMILES string of the molecule is O=C(O)CCN(CCCO)Cc1ccc2c(c1)OCO2. The fourth-order valence-corrected chi connectivity index (χ4v) is 2.12. The molecule has 0 saturated carbocycles. The van der Waals surface area contributed by atoms with Crippen molar-refractivity contribution in [3.05, 3.63) is 23.8 Å². The summed E-state index contributed by atoms with van der Waals surface area (Å²) < 4.78 is 10.6. The number of fused-ring (bicyclic) bond motifs is 1. The molecule has 6 heteroatoms. The molecule has 2 rings (SSSR count). The average molecular weight is 281 g/mol. The van der Waals surface area contributed by atoms with Gasteiger partial charge < -0.3 is 19.7 Å². The molecule has 0 amide bonds. The summed E-state index contributed by atoms with van der Waals surface area (Å²) in [6.45, 7) is 2.10. The van der Waals surface area contributed by atoms with Gasteiger partial charge >= 0.3 is 5.97 Å². The van der Waals surface area contributed by atoms with E-state index in [2.05, 4.69) is 0 Å². The number of ether oxygens (including phenoxy) is 2. The molecule has 1 aromatic rings. The van der Waals surface area contributed by atoms with Crippen LogP contribution in [0.25, 0.3) is 0 Å². The van der Waals surface area contributed by atoms with Crippen LogP contribution in [0.4, 0.5) is 0 Å². The monoisotopic (exact) mass is 281 g/mol. The first kappa shape index (κ1) is 14.6. The number of carbonyl (C=O) groups is 1. The van der Waals surface area contributed by atoms with E-state index in [0.29, 0.717) is 26.1 Å². The second kappa shape index (κ2) is 7.12. The highest BCUT2D eigenvalue weighted by Crippen LogP contribution is 2.32. The fraction of sp³-hybridized carbons (Fsp3) is 0.500. The van der Waals surface area contributed by atoms with E-state index >= 15 is 0 Å². The van der Waals surface area contributed by atoms with Crippen molar-refractivity contribution < 1.29 is 24.5 Å². The first-order valence-electron chi connectivity index (χ1n) is 6.62. The summed E-state index contributed by atoms with van der Waals surface area (Å²) in [6.07, 6.45) is 0.722. The zero-order chi connectivity index (χ0) is 14.4. The van der Waals surface area contributed by atoms with Gasteiger partial charge in [-0.3, -0.25) is 9.69 Å². The molecule has 1 aliphatic rings. The summed E-state index contributed by atoms with van der Waals surface area (Å²) >= 11 is 0. The lowest BCUT2D eigenvalue weighted by molar-refractivity contribution is -0.137. The predicted molar refractivity (Wildman–Crippen MR) is 71.8 cm³/mol. The van der Waals surface area contributed by atoms with Gasteiger partial charge in [-0.15, -0.1) is 0 Å². The molecule has 110 valence electrons. The maximum Gasteiger partial charge on any atom is 0.304 e. The van der Waals surface area contributed by atoms with Crippen LogP contribution in [0.1, 0.15) is 18.4 Å². The molecular weight excluding hydrogens is 262 g/mol. The van der Waals surface area contributed by atoms with E-state index in [1.54, 1.807) is 0 Å². The van der Waals surface area contributed by atoms with Gasteiger partial charge in [0.15, 0.2) is 11.5 Å². The Morgan fingerprint density at radius 3 is 2.80 bits per heavy atom. The lowest BCUT2D eigenvalue weighted by Crippen LogP contribution is -2.27. The quantitative estimate of drug-likeness (QED) is 0.742. The highest BCUT2D eigenvalue weighted by Gasteiger charge is 2.15. The van der Waals surface area contributed by atoms with Crippen molar-refractivity contribution in [3.63, 3.8) is 0 Å². The number of carboxylic acids is 1. The standard InChI is InChI=1S/C14H19NO5/c16-7-1-5-15(6-4-14(17)18)9-11-2-3-12-13(8-11)20-10-19-12/h2-3,8,16H,1,4-7,9-10H2,(H,17,18). The molecule has 6 nitrogen and oxygen atoms in total. The molecule has 0 aromatic heterocycles. The molecule has 1 aliphatic heterocycles. The van der Waals surface area contributed by atoms with Crippen molar-refractivity contribution in [1.82, 2.24) is 4.90 Å². The van der Waals surface area contributed by atoms with Gasteiger partial charge in [0.05, 0.1) is 6.42 Å². The Morgan fingerprint density at radius 2 is 2.05 bits per heavy atom. The molecule has 0 saturated heterocycles. The fourth-order valence-electron chi connectivity index (χ4n) is 2.12. The van der Waals surface area contributed by atoms with Gasteiger partial charge in [-0.1, -0.05) is 6.07 Å². The van der Waals surface area contributed by atoms with Crippen LogP contribution >= 0.6 is 0 Å². The normalized spacial score (nSPS) is 12.9. The molecule has 1 heterocycles. The van der Waals surface area contributed by atoms with E-state index in [1.165, 1.54) is 0 Å². The van der Waals surface area contributed by atoms with Gasteiger partial charge in [-0.05, 0) is 24.1 Å². The number of benzene rings is 1. The Morgan fingerprint density at radius 1 is 1.25 bits per heavy atom. The predicted octanol–water partition coefficient (Wildman–Crippen LogP) is 1.07. The third-order valence-electron chi connectivity index (χ3n) is 3.12. The van der Waals surface area contributed by atoms with Crippen LogP contribution < -0.4 is 9.47 Å². The molecule has 20 heavy (non-hydrogen) atoms. The Labute approximate surface area is 117 Å². The summed E-state index contributed by atoms with van der Waals surface area (Å²) in [5.74, 6) is 0.647. The van der Waals surface area contributed by atoms with E-state index in [-0.39, 0.29) is 19.8 Å². The molecule has 0 unspecified atom stereocenters. The van der Waals surface area contributed by atoms with E-state index in [1.807, 2.05) is 23.1 Å². The number of carboxylic acid groups (broad SMARTS) is 1. The van der Waals surface area contributed by atoms with Gasteiger partial charge in [0.1, 0.15) is 0 Å². The minimum atomic E-state index is -0.815. The van der Waals surface area contributed by atoms with Crippen LogP contribution in [-0.2, 0) is 11.3 Å². The third-order valence-corrected chi connectivity index (χ3v) is 3.12.